The molecule has 23 heavy (non-hydrogen) atoms. The number of aliphatic carboxylic acids is 2. The van der Waals surface area contributed by atoms with Gasteiger partial charge in [0.1, 0.15) is 13.1 Å². The van der Waals surface area contributed by atoms with Crippen LogP contribution in [0.15, 0.2) is 0 Å². The Hall–Kier alpha value is -2.65. The summed E-state index contributed by atoms with van der Waals surface area (Å²) in [4.78, 5) is 33.5. The highest BCUT2D eigenvalue weighted by Gasteiger charge is 2.16. The molecule has 0 amide bonds. The first-order chi connectivity index (χ1) is 11.0. The minimum absolute atomic E-state index is 0.0774. The van der Waals surface area contributed by atoms with E-state index >= 15 is 0 Å². The molecule has 10 nitrogen and oxygen atoms in total. The number of hydrogen-bond donors (Lipinski definition) is 5. The first-order valence-electron chi connectivity index (χ1n) is 7.47. The van der Waals surface area contributed by atoms with Crippen LogP contribution in [0.1, 0.15) is 32.1 Å². The van der Waals surface area contributed by atoms with E-state index in [1.54, 1.807) is 0 Å². The predicted octanol–water partition coefficient (Wildman–Crippen LogP) is 0.609. The van der Waals surface area contributed by atoms with Gasteiger partial charge in [-0.2, -0.15) is 15.0 Å². The van der Waals surface area contributed by atoms with Crippen molar-refractivity contribution in [3.05, 3.63) is 0 Å². The number of carbonyl (C=O) groups is 2. The summed E-state index contributed by atoms with van der Waals surface area (Å²) in [5.41, 5.74) is 0. The van der Waals surface area contributed by atoms with E-state index in [-0.39, 0.29) is 31.0 Å². The van der Waals surface area contributed by atoms with Crippen LogP contribution in [0.3, 0.4) is 0 Å². The first-order valence-corrected chi connectivity index (χ1v) is 7.47. The standard InChI is InChI=1S/C13H20N6O4/c20-9(21)6-14-11-17-12(15-7-10(22)23)19-13(18-11)16-8-4-2-1-3-5-8/h8H,1-7H2,(H,20,21)(H,22,23)(H3,14,15,16,17,18,19). The molecule has 0 aromatic carbocycles. The van der Waals surface area contributed by atoms with Crippen molar-refractivity contribution >= 4 is 29.8 Å². The second kappa shape index (κ2) is 8.11. The van der Waals surface area contributed by atoms with Crippen LogP contribution in [-0.4, -0.2) is 56.2 Å². The molecule has 126 valence electrons. The van der Waals surface area contributed by atoms with E-state index in [1.165, 1.54) is 6.42 Å². The number of aromatic nitrogens is 3. The van der Waals surface area contributed by atoms with Gasteiger partial charge in [-0.3, -0.25) is 9.59 Å². The van der Waals surface area contributed by atoms with Crippen LogP contribution in [0.25, 0.3) is 0 Å². The molecule has 1 aromatic rings. The van der Waals surface area contributed by atoms with Crippen molar-refractivity contribution in [2.75, 3.05) is 29.0 Å². The third-order valence-corrected chi connectivity index (χ3v) is 3.37. The normalized spacial score (nSPS) is 15.0. The fraction of sp³-hybridized carbons (Fsp3) is 0.615. The van der Waals surface area contributed by atoms with Crippen LogP contribution >= 0.6 is 0 Å². The smallest absolute Gasteiger partial charge is 0.322 e. The minimum atomic E-state index is -1.05. The largest absolute Gasteiger partial charge is 0.480 e. The third kappa shape index (κ3) is 5.93. The fourth-order valence-electron chi connectivity index (χ4n) is 2.34. The Morgan fingerprint density at radius 3 is 1.83 bits per heavy atom. The predicted molar refractivity (Wildman–Crippen MR) is 82.6 cm³/mol. The molecule has 0 spiro atoms. The van der Waals surface area contributed by atoms with Gasteiger partial charge in [-0.1, -0.05) is 19.3 Å². The molecular formula is C13H20N6O4. The van der Waals surface area contributed by atoms with E-state index in [2.05, 4.69) is 30.9 Å². The lowest BCUT2D eigenvalue weighted by molar-refractivity contribution is -0.135. The SMILES string of the molecule is O=C(O)CNc1nc(NCC(=O)O)nc(NC2CCCCC2)n1. The monoisotopic (exact) mass is 324 g/mol. The summed E-state index contributed by atoms with van der Waals surface area (Å²) in [6.07, 6.45) is 5.52. The lowest BCUT2D eigenvalue weighted by Crippen LogP contribution is -2.25. The van der Waals surface area contributed by atoms with E-state index in [0.717, 1.165) is 25.7 Å². The molecule has 0 saturated heterocycles. The molecule has 1 fully saturated rings. The zero-order valence-corrected chi connectivity index (χ0v) is 12.6. The summed E-state index contributed by atoms with van der Waals surface area (Å²) in [7, 11) is 0. The molecule has 10 heteroatoms. The van der Waals surface area contributed by atoms with Crippen LogP contribution in [0.4, 0.5) is 17.8 Å². The maximum atomic E-state index is 10.6. The lowest BCUT2D eigenvalue weighted by Gasteiger charge is -2.23. The van der Waals surface area contributed by atoms with Crippen molar-refractivity contribution in [3.8, 4) is 0 Å². The van der Waals surface area contributed by atoms with Gasteiger partial charge in [0.15, 0.2) is 0 Å². The van der Waals surface area contributed by atoms with Crippen LogP contribution in [0.5, 0.6) is 0 Å². The number of nitrogens with one attached hydrogen (secondary N) is 3. The lowest BCUT2D eigenvalue weighted by atomic mass is 9.96. The molecule has 0 bridgehead atoms. The molecule has 1 aliphatic carbocycles. The maximum Gasteiger partial charge on any atom is 0.322 e. The number of anilines is 3. The Kier molecular flexibility index (Phi) is 5.89. The number of rotatable bonds is 8. The second-order valence-electron chi connectivity index (χ2n) is 5.28. The molecule has 1 aliphatic rings. The van der Waals surface area contributed by atoms with E-state index in [1.807, 2.05) is 0 Å². The fourth-order valence-corrected chi connectivity index (χ4v) is 2.34. The van der Waals surface area contributed by atoms with Crippen molar-refractivity contribution in [2.45, 2.75) is 38.1 Å². The number of hydrogen-bond acceptors (Lipinski definition) is 8. The van der Waals surface area contributed by atoms with Gasteiger partial charge in [-0.15, -0.1) is 0 Å². The van der Waals surface area contributed by atoms with Gasteiger partial charge in [0, 0.05) is 6.04 Å². The first kappa shape index (κ1) is 16.7. The van der Waals surface area contributed by atoms with Gasteiger partial charge in [0.05, 0.1) is 0 Å². The summed E-state index contributed by atoms with van der Waals surface area (Å²) in [6, 6.07) is 0.255. The van der Waals surface area contributed by atoms with Crippen molar-refractivity contribution in [1.29, 1.82) is 0 Å². The average Bonchev–Trinajstić information content (AvgIpc) is 2.52. The molecule has 1 aromatic heterocycles. The van der Waals surface area contributed by atoms with Gasteiger partial charge in [-0.25, -0.2) is 0 Å². The topological polar surface area (TPSA) is 149 Å². The molecule has 1 saturated carbocycles. The Balaban J connectivity index is 2.09. The van der Waals surface area contributed by atoms with Crippen molar-refractivity contribution < 1.29 is 19.8 Å². The summed E-state index contributed by atoms with van der Waals surface area (Å²) < 4.78 is 0. The van der Waals surface area contributed by atoms with Crippen molar-refractivity contribution in [2.24, 2.45) is 0 Å². The maximum absolute atomic E-state index is 10.6. The summed E-state index contributed by atoms with van der Waals surface area (Å²) >= 11 is 0. The highest BCUT2D eigenvalue weighted by Crippen LogP contribution is 2.21. The third-order valence-electron chi connectivity index (χ3n) is 3.37. The van der Waals surface area contributed by atoms with Crippen LogP contribution in [0, 0.1) is 0 Å². The van der Waals surface area contributed by atoms with Crippen LogP contribution in [-0.2, 0) is 9.59 Å². The molecule has 0 aliphatic heterocycles. The van der Waals surface area contributed by atoms with E-state index < -0.39 is 11.9 Å². The van der Waals surface area contributed by atoms with Crippen molar-refractivity contribution in [3.63, 3.8) is 0 Å². The van der Waals surface area contributed by atoms with Gasteiger partial charge in [-0.05, 0) is 12.8 Å². The Morgan fingerprint density at radius 1 is 0.870 bits per heavy atom. The zero-order chi connectivity index (χ0) is 16.7. The van der Waals surface area contributed by atoms with Crippen molar-refractivity contribution in [1.82, 2.24) is 15.0 Å². The van der Waals surface area contributed by atoms with Gasteiger partial charge < -0.3 is 26.2 Å². The molecular weight excluding hydrogens is 304 g/mol. The Morgan fingerprint density at radius 2 is 1.35 bits per heavy atom. The van der Waals surface area contributed by atoms with E-state index in [9.17, 15) is 9.59 Å². The van der Waals surface area contributed by atoms with Gasteiger partial charge in [0.2, 0.25) is 17.8 Å². The van der Waals surface area contributed by atoms with Crippen LogP contribution in [0.2, 0.25) is 0 Å². The molecule has 1 heterocycles. The average molecular weight is 324 g/mol. The summed E-state index contributed by atoms with van der Waals surface area (Å²) in [5.74, 6) is -1.64. The quantitative estimate of drug-likeness (QED) is 0.460. The second-order valence-corrected chi connectivity index (χ2v) is 5.28. The highest BCUT2D eigenvalue weighted by atomic mass is 16.4. The summed E-state index contributed by atoms with van der Waals surface area (Å²) in [6.45, 7) is -0.684. The molecule has 2 rings (SSSR count). The molecule has 0 atom stereocenters. The minimum Gasteiger partial charge on any atom is -0.480 e. The summed E-state index contributed by atoms with van der Waals surface area (Å²) in [5, 5.41) is 25.7. The highest BCUT2D eigenvalue weighted by molar-refractivity contribution is 5.73. The van der Waals surface area contributed by atoms with Gasteiger partial charge in [0.25, 0.3) is 0 Å². The Labute approximate surface area is 132 Å². The Bertz CT molecular complexity index is 525. The number of carboxylic acids is 2. The molecule has 0 radical (unpaired) electrons. The number of nitrogens with zero attached hydrogens (tertiary/aromatic N) is 3. The zero-order valence-electron chi connectivity index (χ0n) is 12.6. The van der Waals surface area contributed by atoms with E-state index in [4.69, 9.17) is 10.2 Å². The molecule has 0 unspecified atom stereocenters. The van der Waals surface area contributed by atoms with Gasteiger partial charge >= 0.3 is 11.9 Å². The molecule has 5 N–H and O–H groups in total. The number of carboxylic acid groups (broad SMARTS) is 2. The van der Waals surface area contributed by atoms with Crippen LogP contribution < -0.4 is 16.0 Å². The van der Waals surface area contributed by atoms with E-state index in [0.29, 0.717) is 5.95 Å².